The maximum Gasteiger partial charge on any atom is 0.156 e. The Bertz CT molecular complexity index is 417. The summed E-state index contributed by atoms with van der Waals surface area (Å²) >= 11 is 4.63. The minimum absolute atomic E-state index is 0.375. The second kappa shape index (κ2) is 6.23. The number of hydrogen-bond donors (Lipinski definition) is 0. The lowest BCUT2D eigenvalue weighted by molar-refractivity contribution is -0.570. The van der Waals surface area contributed by atoms with E-state index in [0.717, 1.165) is 36.8 Å². The van der Waals surface area contributed by atoms with Gasteiger partial charge in [-0.2, -0.15) is 0 Å². The van der Waals surface area contributed by atoms with E-state index in [1.807, 2.05) is 0 Å². The van der Waals surface area contributed by atoms with E-state index in [-0.39, 0.29) is 0 Å². The van der Waals surface area contributed by atoms with Gasteiger partial charge in [0.05, 0.1) is 5.41 Å². The van der Waals surface area contributed by atoms with Crippen molar-refractivity contribution in [2.24, 2.45) is 23.2 Å². The first kappa shape index (κ1) is 15.9. The van der Waals surface area contributed by atoms with Gasteiger partial charge in [0.15, 0.2) is 11.8 Å². The minimum atomic E-state index is 0.375. The summed E-state index contributed by atoms with van der Waals surface area (Å²) in [5, 5.41) is 0. The van der Waals surface area contributed by atoms with Gasteiger partial charge in [0.1, 0.15) is 6.54 Å². The van der Waals surface area contributed by atoms with Crippen LogP contribution in [0.15, 0.2) is 0 Å². The molecule has 0 spiro atoms. The summed E-state index contributed by atoms with van der Waals surface area (Å²) in [6.07, 6.45) is 9.84. The van der Waals surface area contributed by atoms with Crippen molar-refractivity contribution >= 4 is 18.6 Å². The van der Waals surface area contributed by atoms with Crippen LogP contribution >= 0.6 is 0 Å². The SMILES string of the molecule is CC1=[N+](CCCO[S-])C2CCC3CCCCC3C2C1(C)C. The highest BCUT2D eigenvalue weighted by molar-refractivity contribution is 7.53. The van der Waals surface area contributed by atoms with Crippen molar-refractivity contribution in [3.05, 3.63) is 0 Å². The fourth-order valence-corrected chi connectivity index (χ4v) is 5.89. The molecule has 2 aliphatic carbocycles. The van der Waals surface area contributed by atoms with Crippen molar-refractivity contribution in [3.63, 3.8) is 0 Å². The Kier molecular flexibility index (Phi) is 4.71. The molecule has 1 aliphatic heterocycles. The highest BCUT2D eigenvalue weighted by atomic mass is 32.1. The Morgan fingerprint density at radius 3 is 2.71 bits per heavy atom. The summed E-state index contributed by atoms with van der Waals surface area (Å²) in [6.45, 7) is 9.22. The standard InChI is InChI=1S/C18H31NOS/c1-13-18(2,3)17-15-8-5-4-7-14(15)9-10-16(17)19(13)11-6-12-20-21/h14-17H,4-12H2,1-3H3. The lowest BCUT2D eigenvalue weighted by Gasteiger charge is -2.45. The molecular weight excluding hydrogens is 278 g/mol. The van der Waals surface area contributed by atoms with Gasteiger partial charge in [-0.05, 0) is 38.5 Å². The van der Waals surface area contributed by atoms with Gasteiger partial charge in [0.2, 0.25) is 0 Å². The molecule has 0 radical (unpaired) electrons. The molecular formula is C18H31NOS. The fourth-order valence-electron chi connectivity index (χ4n) is 5.77. The molecule has 0 amide bonds. The zero-order valence-corrected chi connectivity index (χ0v) is 14.8. The summed E-state index contributed by atoms with van der Waals surface area (Å²) in [4.78, 5) is 0. The third-order valence-corrected chi connectivity index (χ3v) is 7.07. The number of hydrogen-bond acceptors (Lipinski definition) is 2. The smallest absolute Gasteiger partial charge is 0.156 e. The van der Waals surface area contributed by atoms with E-state index in [9.17, 15) is 0 Å². The van der Waals surface area contributed by atoms with E-state index in [1.54, 1.807) is 5.71 Å². The van der Waals surface area contributed by atoms with Crippen molar-refractivity contribution < 1.29 is 8.76 Å². The molecule has 4 atom stereocenters. The Hall–Kier alpha value is -0.0200. The van der Waals surface area contributed by atoms with E-state index in [4.69, 9.17) is 4.18 Å². The van der Waals surface area contributed by atoms with Crippen molar-refractivity contribution in [1.29, 1.82) is 0 Å². The summed E-state index contributed by atoms with van der Waals surface area (Å²) in [5.74, 6) is 2.87. The van der Waals surface area contributed by atoms with E-state index in [1.165, 1.54) is 38.5 Å². The molecule has 0 aromatic rings. The number of nitrogens with zero attached hydrogens (tertiary/aromatic N) is 1. The summed E-state index contributed by atoms with van der Waals surface area (Å²) in [6, 6.07) is 0.782. The van der Waals surface area contributed by atoms with Crippen LogP contribution in [-0.4, -0.2) is 29.5 Å². The highest BCUT2D eigenvalue weighted by Crippen LogP contribution is 2.54. The Morgan fingerprint density at radius 2 is 1.95 bits per heavy atom. The van der Waals surface area contributed by atoms with Crippen LogP contribution in [0.2, 0.25) is 0 Å². The van der Waals surface area contributed by atoms with E-state index in [0.29, 0.717) is 12.0 Å². The third kappa shape index (κ3) is 2.69. The van der Waals surface area contributed by atoms with Gasteiger partial charge in [0, 0.05) is 32.3 Å². The average molecular weight is 310 g/mol. The molecule has 2 nitrogen and oxygen atoms in total. The number of rotatable bonds is 4. The molecule has 0 aromatic carbocycles. The zero-order valence-electron chi connectivity index (χ0n) is 13.9. The molecule has 0 bridgehead atoms. The first-order chi connectivity index (χ1) is 10.1. The molecule has 0 aromatic heterocycles. The second-order valence-corrected chi connectivity index (χ2v) is 8.29. The fraction of sp³-hybridized carbons (Fsp3) is 0.944. The van der Waals surface area contributed by atoms with Crippen LogP contribution in [0.3, 0.4) is 0 Å². The largest absolute Gasteiger partial charge is 0.624 e. The van der Waals surface area contributed by atoms with Crippen LogP contribution in [0.25, 0.3) is 0 Å². The maximum absolute atomic E-state index is 4.86. The molecule has 120 valence electrons. The van der Waals surface area contributed by atoms with Crippen molar-refractivity contribution in [2.75, 3.05) is 13.2 Å². The summed E-state index contributed by atoms with van der Waals surface area (Å²) in [7, 11) is 0. The lowest BCUT2D eigenvalue weighted by atomic mass is 9.57. The Labute approximate surface area is 136 Å². The van der Waals surface area contributed by atoms with Gasteiger partial charge in [-0.1, -0.05) is 19.3 Å². The van der Waals surface area contributed by atoms with Crippen molar-refractivity contribution in [1.82, 2.24) is 0 Å². The predicted molar refractivity (Wildman–Crippen MR) is 89.5 cm³/mol. The first-order valence-corrected chi connectivity index (χ1v) is 9.26. The molecule has 3 heteroatoms. The van der Waals surface area contributed by atoms with Crippen LogP contribution in [0.5, 0.6) is 0 Å². The van der Waals surface area contributed by atoms with Crippen molar-refractivity contribution in [2.45, 2.75) is 71.8 Å². The molecule has 0 N–H and O–H groups in total. The lowest BCUT2D eigenvalue weighted by Crippen LogP contribution is -2.46. The molecule has 21 heavy (non-hydrogen) atoms. The molecule has 0 saturated heterocycles. The van der Waals surface area contributed by atoms with Gasteiger partial charge in [-0.3, -0.25) is 0 Å². The monoisotopic (exact) mass is 309 g/mol. The predicted octanol–water partition coefficient (Wildman–Crippen LogP) is 3.95. The first-order valence-electron chi connectivity index (χ1n) is 8.93. The van der Waals surface area contributed by atoms with E-state index < -0.39 is 0 Å². The summed E-state index contributed by atoms with van der Waals surface area (Å²) in [5.41, 5.74) is 1.99. The zero-order chi connectivity index (χ0) is 15.0. The third-order valence-electron chi connectivity index (χ3n) is 6.90. The topological polar surface area (TPSA) is 12.2 Å². The van der Waals surface area contributed by atoms with Gasteiger partial charge in [0.25, 0.3) is 0 Å². The highest BCUT2D eigenvalue weighted by Gasteiger charge is 2.58. The quantitative estimate of drug-likeness (QED) is 0.443. The molecule has 2 saturated carbocycles. The molecule has 1 heterocycles. The van der Waals surface area contributed by atoms with Crippen LogP contribution < -0.4 is 0 Å². The van der Waals surface area contributed by atoms with Crippen LogP contribution in [0.1, 0.15) is 65.7 Å². The van der Waals surface area contributed by atoms with E-state index in [2.05, 4.69) is 38.3 Å². The van der Waals surface area contributed by atoms with Gasteiger partial charge in [-0.15, -0.1) is 0 Å². The molecule has 2 fully saturated rings. The van der Waals surface area contributed by atoms with Gasteiger partial charge in [-0.25, -0.2) is 4.58 Å². The van der Waals surface area contributed by atoms with Crippen LogP contribution in [-0.2, 0) is 17.1 Å². The normalized spacial score (nSPS) is 38.3. The van der Waals surface area contributed by atoms with Crippen molar-refractivity contribution in [3.8, 4) is 0 Å². The van der Waals surface area contributed by atoms with Gasteiger partial charge >= 0.3 is 0 Å². The molecule has 3 rings (SSSR count). The molecule has 3 aliphatic rings. The number of fused-ring (bicyclic) bond motifs is 3. The maximum atomic E-state index is 4.86. The molecule has 4 unspecified atom stereocenters. The van der Waals surface area contributed by atoms with Crippen LogP contribution in [0.4, 0.5) is 0 Å². The van der Waals surface area contributed by atoms with Crippen LogP contribution in [0, 0.1) is 23.2 Å². The average Bonchev–Trinajstić information content (AvgIpc) is 2.68. The van der Waals surface area contributed by atoms with Gasteiger partial charge < -0.3 is 17.1 Å². The minimum Gasteiger partial charge on any atom is -0.624 e. The Morgan fingerprint density at radius 1 is 1.19 bits per heavy atom. The second-order valence-electron chi connectivity index (χ2n) is 8.05. The Balaban J connectivity index is 1.82. The van der Waals surface area contributed by atoms with E-state index >= 15 is 0 Å². The summed E-state index contributed by atoms with van der Waals surface area (Å²) < 4.78 is 7.58.